The molecule has 0 saturated carbocycles. The van der Waals surface area contributed by atoms with Crippen LogP contribution in [0.4, 0.5) is 51.2 Å². The van der Waals surface area contributed by atoms with E-state index in [-0.39, 0.29) is 17.5 Å². The number of rotatable bonds is 4. The Labute approximate surface area is 415 Å². The maximum Gasteiger partial charge on any atom is 0.252 e. The fraction of sp³-hybridized carbons (Fsp3) is 0.169. The molecular weight excluding hydrogens is 862 g/mol. The van der Waals surface area contributed by atoms with E-state index in [2.05, 4.69) is 276 Å². The van der Waals surface area contributed by atoms with Crippen molar-refractivity contribution >= 4 is 92.7 Å². The summed E-state index contributed by atoms with van der Waals surface area (Å²) in [5.41, 5.74) is 22.3. The second-order valence-corrected chi connectivity index (χ2v) is 26.9. The molecule has 0 bridgehead atoms. The first-order valence-corrected chi connectivity index (χ1v) is 28.1. The molecule has 3 nitrogen and oxygen atoms in total. The Morgan fingerprint density at radius 3 is 1.53 bits per heavy atom. The molecule has 0 aliphatic carbocycles. The maximum absolute atomic E-state index is 2.68. The van der Waals surface area contributed by atoms with Crippen molar-refractivity contribution in [3.05, 3.63) is 240 Å². The van der Waals surface area contributed by atoms with Crippen LogP contribution in [0, 0.1) is 0 Å². The highest BCUT2D eigenvalue weighted by Gasteiger charge is 2.56. The Morgan fingerprint density at radius 2 is 0.929 bits per heavy atom. The predicted molar refractivity (Wildman–Crippen MR) is 301 cm³/mol. The summed E-state index contributed by atoms with van der Waals surface area (Å²) in [6.07, 6.45) is 0. The van der Waals surface area contributed by atoms with Crippen LogP contribution in [0.1, 0.15) is 74.9 Å². The first-order valence-electron chi connectivity index (χ1n) is 25.1. The van der Waals surface area contributed by atoms with Crippen molar-refractivity contribution in [3.8, 4) is 0 Å². The summed E-state index contributed by atoms with van der Waals surface area (Å²) >= 11 is 0. The van der Waals surface area contributed by atoms with E-state index in [1.807, 2.05) is 0 Å². The summed E-state index contributed by atoms with van der Waals surface area (Å²) in [6, 6.07) is 79.2. The minimum absolute atomic E-state index is 0.0216. The summed E-state index contributed by atoms with van der Waals surface area (Å²) in [5.74, 6) is 0. The Hall–Kier alpha value is -7.34. The largest absolute Gasteiger partial charge is 0.311 e. The van der Waals surface area contributed by atoms with Gasteiger partial charge in [-0.15, -0.1) is 0 Å². The summed E-state index contributed by atoms with van der Waals surface area (Å²) in [7, 11) is -2.12. The van der Waals surface area contributed by atoms with Crippen molar-refractivity contribution < 1.29 is 0 Å². The number of para-hydroxylation sites is 4. The average molecular weight is 920 g/mol. The number of nitrogens with zero attached hydrogens (tertiary/aromatic N) is 3. The molecule has 4 heterocycles. The van der Waals surface area contributed by atoms with Crippen molar-refractivity contribution in [1.82, 2.24) is 0 Å². The third-order valence-electron chi connectivity index (χ3n) is 16.2. The molecule has 0 radical (unpaired) electrons. The molecule has 4 aliphatic heterocycles. The van der Waals surface area contributed by atoms with Crippen LogP contribution in [0.25, 0.3) is 0 Å². The zero-order valence-corrected chi connectivity index (χ0v) is 42.5. The van der Waals surface area contributed by atoms with Gasteiger partial charge in [-0.2, -0.15) is 0 Å². The maximum atomic E-state index is 2.68. The van der Waals surface area contributed by atoms with Gasteiger partial charge in [0.25, 0.3) is 6.71 Å². The Bertz CT molecular complexity index is 3480. The van der Waals surface area contributed by atoms with E-state index in [9.17, 15) is 0 Å². The highest BCUT2D eigenvalue weighted by atomic mass is 28.3. The van der Waals surface area contributed by atoms with Crippen LogP contribution in [0.3, 0.4) is 0 Å². The smallest absolute Gasteiger partial charge is 0.252 e. The molecule has 0 unspecified atom stereocenters. The third kappa shape index (κ3) is 5.94. The highest BCUT2D eigenvalue weighted by Crippen LogP contribution is 2.60. The van der Waals surface area contributed by atoms with E-state index in [1.54, 1.807) is 0 Å². The van der Waals surface area contributed by atoms with Crippen molar-refractivity contribution in [3.63, 3.8) is 0 Å². The van der Waals surface area contributed by atoms with Gasteiger partial charge in [-0.05, 0) is 132 Å². The molecular formula is C65H58BN3Si. The van der Waals surface area contributed by atoms with Crippen molar-refractivity contribution in [2.24, 2.45) is 0 Å². The summed E-state index contributed by atoms with van der Waals surface area (Å²) in [5, 5.41) is 3.03. The van der Waals surface area contributed by atoms with Crippen molar-refractivity contribution in [1.29, 1.82) is 0 Å². The first-order chi connectivity index (χ1) is 33.8. The first kappa shape index (κ1) is 42.7. The number of benzene rings is 9. The van der Waals surface area contributed by atoms with Gasteiger partial charge in [-0.25, -0.2) is 0 Å². The van der Waals surface area contributed by atoms with Gasteiger partial charge < -0.3 is 14.7 Å². The quantitative estimate of drug-likeness (QED) is 0.163. The lowest BCUT2D eigenvalue weighted by molar-refractivity contribution is 0.590. The molecule has 0 saturated heterocycles. The molecule has 1 spiro atoms. The Kier molecular flexibility index (Phi) is 9.21. The summed E-state index contributed by atoms with van der Waals surface area (Å²) < 4.78 is 0. The van der Waals surface area contributed by atoms with E-state index in [1.165, 1.54) is 88.6 Å². The molecule has 5 heteroatoms. The van der Waals surface area contributed by atoms with Gasteiger partial charge in [0.05, 0.1) is 16.8 Å². The van der Waals surface area contributed by atoms with Crippen LogP contribution >= 0.6 is 0 Å². The van der Waals surface area contributed by atoms with Crippen LogP contribution in [0.5, 0.6) is 0 Å². The van der Waals surface area contributed by atoms with E-state index in [0.717, 1.165) is 22.7 Å². The van der Waals surface area contributed by atoms with Gasteiger partial charge in [-0.3, -0.25) is 0 Å². The number of hydrogen-bond donors (Lipinski definition) is 0. The van der Waals surface area contributed by atoms with Crippen LogP contribution in [-0.4, -0.2) is 14.8 Å². The highest BCUT2D eigenvalue weighted by molar-refractivity contribution is 7.02. The van der Waals surface area contributed by atoms with Gasteiger partial charge in [-0.1, -0.05) is 200 Å². The second-order valence-electron chi connectivity index (χ2n) is 22.6. The minimum Gasteiger partial charge on any atom is -0.311 e. The normalized spacial score (nSPS) is 15.3. The molecule has 340 valence electrons. The lowest BCUT2D eigenvalue weighted by Crippen LogP contribution is -2.65. The fourth-order valence-electron chi connectivity index (χ4n) is 12.9. The molecule has 0 N–H and O–H groups in total. The number of anilines is 9. The molecule has 70 heavy (non-hydrogen) atoms. The molecule has 9 aromatic carbocycles. The molecule has 0 aromatic heterocycles. The molecule has 13 rings (SSSR count). The Balaban J connectivity index is 1.19. The van der Waals surface area contributed by atoms with Gasteiger partial charge in [0, 0.05) is 39.8 Å². The molecule has 0 fully saturated rings. The van der Waals surface area contributed by atoms with E-state index < -0.39 is 13.5 Å². The van der Waals surface area contributed by atoms with Gasteiger partial charge >= 0.3 is 0 Å². The number of fused-ring (bicyclic) bond motifs is 12. The van der Waals surface area contributed by atoms with Crippen LogP contribution in [-0.2, 0) is 16.2 Å². The molecule has 0 amide bonds. The van der Waals surface area contributed by atoms with E-state index >= 15 is 0 Å². The summed E-state index contributed by atoms with van der Waals surface area (Å²) in [4.78, 5) is 7.71. The minimum atomic E-state index is -2.12. The molecule has 4 aliphatic rings. The standard InChI is InChI=1S/C65H58BN3Si/c1-63(2,3)43-34-37-47(38-35-43)68-56-39-36-44(64(4,5)6)40-54(56)66-53-30-21-29-52-62(53)69(58-42-48(41-57(68)61(58)66)67(45-22-11-9-12-23-45)46-24-13-10-14-25-46)55-31-18-15-26-49(55)65(52)50-27-16-19-32-59(50)70(7,8)60-33-20-17-28-51(60)65/h9-42H,1-8H3. The lowest BCUT2D eigenvalue weighted by Gasteiger charge is -2.54. The predicted octanol–water partition coefficient (Wildman–Crippen LogP) is 13.7. The Morgan fingerprint density at radius 1 is 0.414 bits per heavy atom. The van der Waals surface area contributed by atoms with Crippen LogP contribution in [0.15, 0.2) is 206 Å². The monoisotopic (exact) mass is 919 g/mol. The zero-order valence-electron chi connectivity index (χ0n) is 41.5. The number of hydrogen-bond acceptors (Lipinski definition) is 3. The van der Waals surface area contributed by atoms with Gasteiger partial charge in [0.15, 0.2) is 0 Å². The van der Waals surface area contributed by atoms with E-state index in [4.69, 9.17) is 0 Å². The molecule has 9 aromatic rings. The third-order valence-corrected chi connectivity index (χ3v) is 19.7. The average Bonchev–Trinajstić information content (AvgIpc) is 3.37. The van der Waals surface area contributed by atoms with E-state index in [0.29, 0.717) is 0 Å². The lowest BCUT2D eigenvalue weighted by atomic mass is 9.32. The summed E-state index contributed by atoms with van der Waals surface area (Å²) in [6.45, 7) is 19.0. The SMILES string of the molecule is CC(C)(C)c1ccc(N2c3ccc(C(C)(C)C)cc3B3c4cccc5c4N(c4ccccc4C54c5ccccc5[Si](C)(C)c5ccccc54)c4cc(N(c5ccccc5)c5ccccc5)cc2c43)cc1. The topological polar surface area (TPSA) is 9.72 Å². The van der Waals surface area contributed by atoms with Crippen LogP contribution < -0.4 is 41.5 Å². The zero-order chi connectivity index (χ0) is 47.9. The second kappa shape index (κ2) is 15.1. The van der Waals surface area contributed by atoms with Gasteiger partial charge in [0.1, 0.15) is 8.07 Å². The van der Waals surface area contributed by atoms with Gasteiger partial charge in [0.2, 0.25) is 0 Å². The van der Waals surface area contributed by atoms with Crippen molar-refractivity contribution in [2.45, 2.75) is 70.9 Å². The molecule has 0 atom stereocenters. The van der Waals surface area contributed by atoms with Crippen molar-refractivity contribution in [2.75, 3.05) is 14.7 Å². The fourth-order valence-corrected chi connectivity index (χ4v) is 16.1. The van der Waals surface area contributed by atoms with Crippen LogP contribution in [0.2, 0.25) is 13.1 Å².